The van der Waals surface area contributed by atoms with Crippen molar-refractivity contribution in [1.82, 2.24) is 4.98 Å². The van der Waals surface area contributed by atoms with Gasteiger partial charge in [0.2, 0.25) is 0 Å². The molecule has 1 aromatic heterocycles. The lowest BCUT2D eigenvalue weighted by atomic mass is 10.1. The number of para-hydroxylation sites is 1. The number of rotatable bonds is 10. The molecule has 0 fully saturated rings. The smallest absolute Gasteiger partial charge is 0.339 e. The molecule has 0 amide bonds. The molecule has 0 aliphatic carbocycles. The monoisotopic (exact) mass is 313 g/mol. The molecule has 0 radical (unpaired) electrons. The Kier molecular flexibility index (Phi) is 7.67. The summed E-state index contributed by atoms with van der Waals surface area (Å²) in [5.74, 6) is 0.629. The Hall–Kier alpha value is -2.36. The summed E-state index contributed by atoms with van der Waals surface area (Å²) in [4.78, 5) is 15.6. The van der Waals surface area contributed by atoms with Crippen LogP contribution in [0.25, 0.3) is 0 Å². The number of hydrogen-bond donors (Lipinski definition) is 0. The van der Waals surface area contributed by atoms with Crippen LogP contribution in [0.3, 0.4) is 0 Å². The Balaban J connectivity index is 1.43. The van der Waals surface area contributed by atoms with Gasteiger partial charge >= 0.3 is 5.97 Å². The van der Waals surface area contributed by atoms with Crippen molar-refractivity contribution in [2.45, 2.75) is 32.1 Å². The van der Waals surface area contributed by atoms with Gasteiger partial charge in [0.1, 0.15) is 5.75 Å². The third-order valence-electron chi connectivity index (χ3n) is 3.43. The number of unbranched alkanes of at least 4 members (excludes halogenated alkanes) is 4. The van der Waals surface area contributed by atoms with Crippen molar-refractivity contribution in [2.24, 2.45) is 0 Å². The number of carbonyl (C=O) groups is 1. The molecular weight excluding hydrogens is 290 g/mol. The molecule has 0 saturated heterocycles. The van der Waals surface area contributed by atoms with Crippen molar-refractivity contribution in [1.29, 1.82) is 0 Å². The van der Waals surface area contributed by atoms with E-state index in [2.05, 4.69) is 4.98 Å². The molecule has 0 aliphatic heterocycles. The van der Waals surface area contributed by atoms with Gasteiger partial charge in [-0.05, 0) is 37.1 Å². The van der Waals surface area contributed by atoms with Gasteiger partial charge in [0, 0.05) is 12.4 Å². The lowest BCUT2D eigenvalue weighted by Crippen LogP contribution is -2.06. The molecule has 0 saturated carbocycles. The lowest BCUT2D eigenvalue weighted by molar-refractivity contribution is 0.0497. The summed E-state index contributed by atoms with van der Waals surface area (Å²) < 4.78 is 10.8. The average molecular weight is 313 g/mol. The average Bonchev–Trinajstić information content (AvgIpc) is 2.61. The first-order valence-electron chi connectivity index (χ1n) is 8.11. The van der Waals surface area contributed by atoms with Crippen LogP contribution in [-0.2, 0) is 4.74 Å². The molecule has 0 spiro atoms. The van der Waals surface area contributed by atoms with Gasteiger partial charge in [-0.2, -0.15) is 0 Å². The molecule has 0 atom stereocenters. The summed E-state index contributed by atoms with van der Waals surface area (Å²) in [7, 11) is 0. The second-order valence-electron chi connectivity index (χ2n) is 5.31. The molecule has 0 unspecified atom stereocenters. The maximum absolute atomic E-state index is 11.7. The van der Waals surface area contributed by atoms with Crippen LogP contribution in [0.1, 0.15) is 42.5 Å². The van der Waals surface area contributed by atoms with Crippen LogP contribution in [0.15, 0.2) is 54.9 Å². The van der Waals surface area contributed by atoms with Gasteiger partial charge in [0.05, 0.1) is 18.8 Å². The molecule has 122 valence electrons. The van der Waals surface area contributed by atoms with E-state index in [1.165, 1.54) is 6.20 Å². The van der Waals surface area contributed by atoms with E-state index < -0.39 is 0 Å². The molecule has 23 heavy (non-hydrogen) atoms. The topological polar surface area (TPSA) is 48.4 Å². The van der Waals surface area contributed by atoms with E-state index in [1.807, 2.05) is 30.3 Å². The zero-order valence-electron chi connectivity index (χ0n) is 13.3. The Bertz CT molecular complexity index is 557. The van der Waals surface area contributed by atoms with Gasteiger partial charge in [-0.3, -0.25) is 4.98 Å². The third-order valence-corrected chi connectivity index (χ3v) is 3.43. The Morgan fingerprint density at radius 3 is 2.35 bits per heavy atom. The minimum absolute atomic E-state index is 0.297. The van der Waals surface area contributed by atoms with E-state index in [9.17, 15) is 4.79 Å². The zero-order valence-corrected chi connectivity index (χ0v) is 13.3. The highest BCUT2D eigenvalue weighted by molar-refractivity contribution is 5.88. The number of benzene rings is 1. The SMILES string of the molecule is O=C(OCCCCCCCOc1ccccc1)c1cccnc1. The van der Waals surface area contributed by atoms with Crippen molar-refractivity contribution in [3.63, 3.8) is 0 Å². The third kappa shape index (κ3) is 6.96. The molecule has 1 heterocycles. The van der Waals surface area contributed by atoms with Gasteiger partial charge in [-0.15, -0.1) is 0 Å². The van der Waals surface area contributed by atoms with Crippen molar-refractivity contribution >= 4 is 5.97 Å². The normalized spacial score (nSPS) is 10.3. The number of aromatic nitrogens is 1. The zero-order chi connectivity index (χ0) is 16.2. The number of esters is 1. The van der Waals surface area contributed by atoms with Crippen LogP contribution in [0, 0.1) is 0 Å². The van der Waals surface area contributed by atoms with E-state index in [0.717, 1.165) is 44.5 Å². The lowest BCUT2D eigenvalue weighted by Gasteiger charge is -2.06. The quantitative estimate of drug-likeness (QED) is 0.485. The first-order valence-corrected chi connectivity index (χ1v) is 8.11. The van der Waals surface area contributed by atoms with Crippen molar-refractivity contribution in [2.75, 3.05) is 13.2 Å². The molecule has 0 aliphatic rings. The highest BCUT2D eigenvalue weighted by atomic mass is 16.5. The molecule has 1 aromatic carbocycles. The Labute approximate surface area is 137 Å². The predicted molar refractivity (Wildman–Crippen MR) is 89.5 cm³/mol. The standard InChI is InChI=1S/C19H23NO3/c21-19(17-10-9-13-20-16-17)23-15-8-3-1-2-7-14-22-18-11-5-4-6-12-18/h4-6,9-13,16H,1-3,7-8,14-15H2. The second-order valence-corrected chi connectivity index (χ2v) is 5.31. The fourth-order valence-electron chi connectivity index (χ4n) is 2.17. The number of pyridine rings is 1. The summed E-state index contributed by atoms with van der Waals surface area (Å²) in [5.41, 5.74) is 0.505. The summed E-state index contributed by atoms with van der Waals surface area (Å²) in [6.45, 7) is 1.22. The predicted octanol–water partition coefficient (Wildman–Crippen LogP) is 4.27. The van der Waals surface area contributed by atoms with Gasteiger partial charge in [0.15, 0.2) is 0 Å². The van der Waals surface area contributed by atoms with E-state index in [0.29, 0.717) is 12.2 Å². The van der Waals surface area contributed by atoms with E-state index >= 15 is 0 Å². The molecule has 4 nitrogen and oxygen atoms in total. The molecule has 0 N–H and O–H groups in total. The van der Waals surface area contributed by atoms with E-state index in [4.69, 9.17) is 9.47 Å². The maximum atomic E-state index is 11.7. The van der Waals surface area contributed by atoms with Crippen LogP contribution in [0.2, 0.25) is 0 Å². The van der Waals surface area contributed by atoms with Crippen LogP contribution in [0.4, 0.5) is 0 Å². The molecular formula is C19H23NO3. The molecule has 4 heteroatoms. The van der Waals surface area contributed by atoms with Crippen molar-refractivity contribution in [3.05, 3.63) is 60.4 Å². The first kappa shape index (κ1) is 17.0. The summed E-state index contributed by atoms with van der Waals surface area (Å²) >= 11 is 0. The molecule has 2 rings (SSSR count). The number of hydrogen-bond acceptors (Lipinski definition) is 4. The molecule has 0 bridgehead atoms. The summed E-state index contributed by atoms with van der Waals surface area (Å²) in [6, 6.07) is 13.3. The number of ether oxygens (including phenoxy) is 2. The van der Waals surface area contributed by atoms with Crippen LogP contribution < -0.4 is 4.74 Å². The summed E-state index contributed by atoms with van der Waals surface area (Å²) in [5, 5.41) is 0. The largest absolute Gasteiger partial charge is 0.494 e. The maximum Gasteiger partial charge on any atom is 0.339 e. The van der Waals surface area contributed by atoms with Gasteiger partial charge < -0.3 is 9.47 Å². The van der Waals surface area contributed by atoms with Gasteiger partial charge in [-0.25, -0.2) is 4.79 Å². The number of carbonyl (C=O) groups excluding carboxylic acids is 1. The van der Waals surface area contributed by atoms with E-state index in [-0.39, 0.29) is 5.97 Å². The fourth-order valence-corrected chi connectivity index (χ4v) is 2.17. The van der Waals surface area contributed by atoms with Gasteiger partial charge in [0.25, 0.3) is 0 Å². The first-order chi connectivity index (χ1) is 11.4. The second kappa shape index (κ2) is 10.4. The van der Waals surface area contributed by atoms with Crippen molar-refractivity contribution in [3.8, 4) is 5.75 Å². The Morgan fingerprint density at radius 1 is 0.870 bits per heavy atom. The fraction of sp³-hybridized carbons (Fsp3) is 0.368. The Morgan fingerprint density at radius 2 is 1.61 bits per heavy atom. The van der Waals surface area contributed by atoms with E-state index in [1.54, 1.807) is 18.3 Å². The minimum atomic E-state index is -0.297. The minimum Gasteiger partial charge on any atom is -0.494 e. The van der Waals surface area contributed by atoms with Crippen LogP contribution in [0.5, 0.6) is 5.75 Å². The van der Waals surface area contributed by atoms with Crippen LogP contribution in [-0.4, -0.2) is 24.2 Å². The highest BCUT2D eigenvalue weighted by Crippen LogP contribution is 2.10. The molecule has 2 aromatic rings. The number of nitrogens with zero attached hydrogens (tertiary/aromatic N) is 1. The van der Waals surface area contributed by atoms with Crippen molar-refractivity contribution < 1.29 is 14.3 Å². The van der Waals surface area contributed by atoms with Crippen LogP contribution >= 0.6 is 0 Å². The summed E-state index contributed by atoms with van der Waals surface area (Å²) in [6.07, 6.45) is 8.42. The van der Waals surface area contributed by atoms with Gasteiger partial charge in [-0.1, -0.05) is 37.5 Å². The highest BCUT2D eigenvalue weighted by Gasteiger charge is 2.05.